The molecule has 1 atom stereocenters. The molecule has 1 aliphatic heterocycles. The molecule has 8 nitrogen and oxygen atoms in total. The van der Waals surface area contributed by atoms with E-state index in [9.17, 15) is 9.59 Å². The minimum Gasteiger partial charge on any atom is -0.493 e. The predicted molar refractivity (Wildman–Crippen MR) is 134 cm³/mol. The van der Waals surface area contributed by atoms with Crippen LogP contribution in [0, 0.1) is 11.8 Å². The minimum atomic E-state index is -0.608. The molecular formula is C27H36N4O4. The summed E-state index contributed by atoms with van der Waals surface area (Å²) in [7, 11) is 3.24. The summed E-state index contributed by atoms with van der Waals surface area (Å²) in [5, 5.41) is 5.98. The van der Waals surface area contributed by atoms with Crippen molar-refractivity contribution in [2.45, 2.75) is 45.7 Å². The Morgan fingerprint density at radius 3 is 2.54 bits per heavy atom. The number of fused-ring (bicyclic) bond motifs is 5. The molecular weight excluding hydrogens is 444 g/mol. The standard InChI is InChI=1S/C27H36N4O4/c1-17(2)9-23-27(33)29-7-8-31(15-18-5-6-18)16-19-10-22(25(35-4)24(11-19)34-3)20-12-21(14-28-13-20)26(32)30-23/h10-14,17-18,23H,5-9,15-16H2,1-4H3,(H,29,33)(H,30,32)/t23-/m1/s1. The molecule has 2 aliphatic rings. The highest BCUT2D eigenvalue weighted by atomic mass is 16.5. The van der Waals surface area contributed by atoms with Gasteiger partial charge < -0.3 is 20.1 Å². The van der Waals surface area contributed by atoms with Gasteiger partial charge in [-0.25, -0.2) is 0 Å². The molecule has 1 aromatic heterocycles. The normalized spacial score (nSPS) is 19.4. The molecule has 1 aromatic carbocycles. The van der Waals surface area contributed by atoms with Gasteiger partial charge in [0.05, 0.1) is 19.8 Å². The average molecular weight is 481 g/mol. The smallest absolute Gasteiger partial charge is 0.253 e. The van der Waals surface area contributed by atoms with Crippen LogP contribution in [-0.2, 0) is 11.3 Å². The molecule has 8 heteroatoms. The summed E-state index contributed by atoms with van der Waals surface area (Å²) in [5.41, 5.74) is 3.04. The number of hydrogen-bond acceptors (Lipinski definition) is 6. The van der Waals surface area contributed by atoms with Gasteiger partial charge in [0.25, 0.3) is 5.91 Å². The minimum absolute atomic E-state index is 0.152. The summed E-state index contributed by atoms with van der Waals surface area (Å²) in [4.78, 5) is 32.9. The zero-order chi connectivity index (χ0) is 24.9. The van der Waals surface area contributed by atoms with E-state index in [1.807, 2.05) is 19.9 Å². The Kier molecular flexibility index (Phi) is 7.90. The zero-order valence-electron chi connectivity index (χ0n) is 21.1. The van der Waals surface area contributed by atoms with Crippen LogP contribution >= 0.6 is 0 Å². The van der Waals surface area contributed by atoms with E-state index in [1.165, 1.54) is 19.0 Å². The van der Waals surface area contributed by atoms with Crippen LogP contribution in [0.4, 0.5) is 0 Å². The van der Waals surface area contributed by atoms with Gasteiger partial charge >= 0.3 is 0 Å². The molecule has 2 amide bonds. The van der Waals surface area contributed by atoms with Crippen LogP contribution in [0.3, 0.4) is 0 Å². The molecule has 2 aromatic rings. The van der Waals surface area contributed by atoms with E-state index in [1.54, 1.807) is 26.5 Å². The molecule has 2 N–H and O–H groups in total. The second kappa shape index (κ2) is 11.1. The molecule has 1 fully saturated rings. The summed E-state index contributed by atoms with van der Waals surface area (Å²) in [6.45, 7) is 7.04. The lowest BCUT2D eigenvalue weighted by molar-refractivity contribution is -0.123. The number of carbonyl (C=O) groups is 2. The summed E-state index contributed by atoms with van der Waals surface area (Å²) < 4.78 is 11.4. The second-order valence-corrected chi connectivity index (χ2v) is 9.97. The first kappa shape index (κ1) is 25.0. The van der Waals surface area contributed by atoms with Crippen LogP contribution in [0.1, 0.15) is 49.0 Å². The summed E-state index contributed by atoms with van der Waals surface area (Å²) in [5.74, 6) is 1.72. The SMILES string of the molecule is COc1cc2cc(c1OC)-c1cncc(c1)C(=O)N[C@H](CC(C)C)C(=O)NCCN(CC1CC1)C2. The number of hydrogen-bond donors (Lipinski definition) is 2. The van der Waals surface area contributed by atoms with Crippen molar-refractivity contribution in [3.05, 3.63) is 41.7 Å². The fourth-order valence-electron chi connectivity index (χ4n) is 4.60. The van der Waals surface area contributed by atoms with Crippen LogP contribution in [0.15, 0.2) is 30.6 Å². The van der Waals surface area contributed by atoms with Crippen molar-refractivity contribution in [2.24, 2.45) is 11.8 Å². The second-order valence-electron chi connectivity index (χ2n) is 9.97. The number of rotatable bonds is 6. The third-order valence-corrected chi connectivity index (χ3v) is 6.53. The van der Waals surface area contributed by atoms with Gasteiger partial charge in [-0.2, -0.15) is 0 Å². The van der Waals surface area contributed by atoms with E-state index in [0.717, 1.165) is 36.3 Å². The first-order chi connectivity index (χ1) is 16.9. The molecule has 1 saturated carbocycles. The molecule has 2 heterocycles. The van der Waals surface area contributed by atoms with Gasteiger partial charge in [0.15, 0.2) is 11.5 Å². The maximum atomic E-state index is 13.1. The molecule has 0 radical (unpaired) electrons. The van der Waals surface area contributed by atoms with Crippen LogP contribution in [-0.4, -0.2) is 61.6 Å². The van der Waals surface area contributed by atoms with Crippen molar-refractivity contribution < 1.29 is 19.1 Å². The number of aromatic nitrogens is 1. The number of amides is 2. The Balaban J connectivity index is 1.77. The largest absolute Gasteiger partial charge is 0.493 e. The van der Waals surface area contributed by atoms with E-state index in [2.05, 4.69) is 26.6 Å². The number of ether oxygens (including phenoxy) is 2. The highest BCUT2D eigenvalue weighted by molar-refractivity contribution is 5.98. The van der Waals surface area contributed by atoms with E-state index >= 15 is 0 Å². The average Bonchev–Trinajstić information content (AvgIpc) is 3.66. The molecule has 0 spiro atoms. The molecule has 4 bridgehead atoms. The van der Waals surface area contributed by atoms with E-state index in [-0.39, 0.29) is 17.7 Å². The lowest BCUT2D eigenvalue weighted by atomic mass is 10.00. The van der Waals surface area contributed by atoms with E-state index in [4.69, 9.17) is 9.47 Å². The van der Waals surface area contributed by atoms with Gasteiger partial charge in [-0.1, -0.05) is 13.8 Å². The number of pyridine rings is 1. The highest BCUT2D eigenvalue weighted by Gasteiger charge is 2.27. The zero-order valence-corrected chi connectivity index (χ0v) is 21.1. The Morgan fingerprint density at radius 2 is 1.86 bits per heavy atom. The molecule has 188 valence electrons. The van der Waals surface area contributed by atoms with Gasteiger partial charge in [0, 0.05) is 49.7 Å². The maximum absolute atomic E-state index is 13.1. The van der Waals surface area contributed by atoms with Crippen LogP contribution < -0.4 is 20.1 Å². The molecule has 1 aliphatic carbocycles. The lowest BCUT2D eigenvalue weighted by Crippen LogP contribution is -2.48. The van der Waals surface area contributed by atoms with E-state index in [0.29, 0.717) is 35.9 Å². The Labute approximate surface area is 207 Å². The third-order valence-electron chi connectivity index (χ3n) is 6.53. The number of nitrogens with zero attached hydrogens (tertiary/aromatic N) is 2. The van der Waals surface area contributed by atoms with Crippen LogP contribution in [0.25, 0.3) is 11.1 Å². The number of benzene rings is 1. The number of carbonyl (C=O) groups excluding carboxylic acids is 2. The van der Waals surface area contributed by atoms with E-state index < -0.39 is 6.04 Å². The van der Waals surface area contributed by atoms with Crippen molar-refractivity contribution in [2.75, 3.05) is 33.9 Å². The van der Waals surface area contributed by atoms with Gasteiger partial charge in [-0.15, -0.1) is 0 Å². The van der Waals surface area contributed by atoms with Crippen molar-refractivity contribution in [3.63, 3.8) is 0 Å². The van der Waals surface area contributed by atoms with Gasteiger partial charge in [0.2, 0.25) is 5.91 Å². The summed E-state index contributed by atoms with van der Waals surface area (Å²) in [6, 6.07) is 5.26. The van der Waals surface area contributed by atoms with Crippen LogP contribution in [0.5, 0.6) is 11.5 Å². The van der Waals surface area contributed by atoms with Crippen LogP contribution in [0.2, 0.25) is 0 Å². The summed E-state index contributed by atoms with van der Waals surface area (Å²) in [6.07, 6.45) is 6.30. The number of nitrogens with one attached hydrogen (secondary N) is 2. The molecule has 0 saturated heterocycles. The predicted octanol–water partition coefficient (Wildman–Crippen LogP) is 3.25. The monoisotopic (exact) mass is 480 g/mol. The Hall–Kier alpha value is -3.13. The first-order valence-electron chi connectivity index (χ1n) is 12.4. The maximum Gasteiger partial charge on any atom is 0.253 e. The van der Waals surface area contributed by atoms with Gasteiger partial charge in [0.1, 0.15) is 6.04 Å². The Morgan fingerprint density at radius 1 is 1.09 bits per heavy atom. The van der Waals surface area contributed by atoms with Crippen molar-refractivity contribution in [3.8, 4) is 22.6 Å². The quantitative estimate of drug-likeness (QED) is 0.659. The number of methoxy groups -OCH3 is 2. The molecule has 0 unspecified atom stereocenters. The van der Waals surface area contributed by atoms with Crippen molar-refractivity contribution in [1.82, 2.24) is 20.5 Å². The summed E-state index contributed by atoms with van der Waals surface area (Å²) >= 11 is 0. The van der Waals surface area contributed by atoms with Gasteiger partial charge in [-0.3, -0.25) is 19.5 Å². The molecule has 35 heavy (non-hydrogen) atoms. The lowest BCUT2D eigenvalue weighted by Gasteiger charge is -2.25. The Bertz CT molecular complexity index is 1070. The van der Waals surface area contributed by atoms with Crippen molar-refractivity contribution in [1.29, 1.82) is 0 Å². The van der Waals surface area contributed by atoms with Gasteiger partial charge in [-0.05, 0) is 54.9 Å². The highest BCUT2D eigenvalue weighted by Crippen LogP contribution is 2.40. The third kappa shape index (κ3) is 6.31. The fourth-order valence-corrected chi connectivity index (χ4v) is 4.60. The first-order valence-corrected chi connectivity index (χ1v) is 12.4. The fraction of sp³-hybridized carbons (Fsp3) is 0.519. The van der Waals surface area contributed by atoms with Crippen molar-refractivity contribution >= 4 is 11.8 Å². The topological polar surface area (TPSA) is 92.8 Å². The molecule has 4 rings (SSSR count).